The van der Waals surface area contributed by atoms with Crippen molar-refractivity contribution in [3.63, 3.8) is 0 Å². The van der Waals surface area contributed by atoms with Gasteiger partial charge in [0.05, 0.1) is 0 Å². The normalized spacial score (nSPS) is 17.6. The first-order valence-electron chi connectivity index (χ1n) is 8.12. The minimum Gasteiger partial charge on any atom is -0.343 e. The van der Waals surface area contributed by atoms with Gasteiger partial charge in [-0.25, -0.2) is 31.3 Å². The summed E-state index contributed by atoms with van der Waals surface area (Å²) in [4.78, 5) is 15.7. The number of sulfonamides is 1. The van der Waals surface area contributed by atoms with Crippen molar-refractivity contribution < 1.29 is 26.4 Å². The van der Waals surface area contributed by atoms with Gasteiger partial charge in [0.15, 0.2) is 5.82 Å². The Morgan fingerprint density at radius 2 is 1.79 bits per heavy atom. The SMILES string of the molecule is Cn1cc(S(=O)(=O)NC2(C)CC(F)(F)C2)c(F)c1C(=O)Nc1cc(Br)nc(Br)c1. The monoisotopic (exact) mass is 558 g/mol. The fourth-order valence-corrected chi connectivity index (χ4v) is 5.93. The van der Waals surface area contributed by atoms with Crippen LogP contribution in [0.2, 0.25) is 0 Å². The van der Waals surface area contributed by atoms with Crippen molar-refractivity contribution in [3.05, 3.63) is 39.0 Å². The predicted octanol–water partition coefficient (Wildman–Crippen LogP) is 3.80. The van der Waals surface area contributed by atoms with E-state index in [2.05, 4.69) is 46.9 Å². The Labute approximate surface area is 181 Å². The molecule has 0 unspecified atom stereocenters. The lowest BCUT2D eigenvalue weighted by molar-refractivity contribution is -0.121. The molecule has 2 N–H and O–H groups in total. The summed E-state index contributed by atoms with van der Waals surface area (Å²) in [5, 5.41) is 2.45. The Bertz CT molecular complexity index is 1080. The van der Waals surface area contributed by atoms with Gasteiger partial charge in [-0.3, -0.25) is 4.79 Å². The summed E-state index contributed by atoms with van der Waals surface area (Å²) < 4.78 is 70.2. The second-order valence-electron chi connectivity index (χ2n) is 7.10. The first-order valence-corrected chi connectivity index (χ1v) is 11.2. The summed E-state index contributed by atoms with van der Waals surface area (Å²) in [5.74, 6) is -5.14. The van der Waals surface area contributed by atoms with E-state index in [9.17, 15) is 26.4 Å². The third-order valence-corrected chi connectivity index (χ3v) is 6.73. The molecule has 2 heterocycles. The van der Waals surface area contributed by atoms with Crippen LogP contribution in [0.3, 0.4) is 0 Å². The van der Waals surface area contributed by atoms with Crippen molar-refractivity contribution >= 4 is 53.5 Å². The van der Waals surface area contributed by atoms with Crippen LogP contribution < -0.4 is 10.0 Å². The van der Waals surface area contributed by atoms with E-state index in [-0.39, 0.29) is 5.69 Å². The van der Waals surface area contributed by atoms with E-state index in [1.807, 2.05) is 0 Å². The van der Waals surface area contributed by atoms with E-state index in [0.717, 1.165) is 10.8 Å². The number of carbonyl (C=O) groups excluding carboxylic acids is 1. The highest BCUT2D eigenvalue weighted by Crippen LogP contribution is 2.46. The molecule has 1 saturated carbocycles. The maximum atomic E-state index is 14.9. The highest BCUT2D eigenvalue weighted by atomic mass is 79.9. The lowest BCUT2D eigenvalue weighted by Crippen LogP contribution is -2.60. The number of amides is 1. The second kappa shape index (κ2) is 7.36. The summed E-state index contributed by atoms with van der Waals surface area (Å²) in [5.41, 5.74) is -1.63. The minimum atomic E-state index is -4.47. The summed E-state index contributed by atoms with van der Waals surface area (Å²) in [6, 6.07) is 2.95. The van der Waals surface area contributed by atoms with Crippen LogP contribution in [0, 0.1) is 5.82 Å². The van der Waals surface area contributed by atoms with Gasteiger partial charge in [0.25, 0.3) is 11.8 Å². The third kappa shape index (κ3) is 4.67. The zero-order valence-corrected chi connectivity index (χ0v) is 19.1. The number of nitrogens with one attached hydrogen (secondary N) is 2. The van der Waals surface area contributed by atoms with Gasteiger partial charge < -0.3 is 9.88 Å². The van der Waals surface area contributed by atoms with Crippen molar-refractivity contribution in [2.45, 2.75) is 36.1 Å². The van der Waals surface area contributed by atoms with Crippen LogP contribution in [0.1, 0.15) is 30.3 Å². The number of hydrogen-bond acceptors (Lipinski definition) is 4. The third-order valence-electron chi connectivity index (χ3n) is 4.29. The number of alkyl halides is 2. The maximum Gasteiger partial charge on any atom is 0.275 e. The molecule has 0 radical (unpaired) electrons. The number of hydrogen-bond donors (Lipinski definition) is 2. The molecule has 1 aliphatic carbocycles. The molecule has 7 nitrogen and oxygen atoms in total. The molecule has 0 saturated heterocycles. The topological polar surface area (TPSA) is 93.1 Å². The van der Waals surface area contributed by atoms with E-state index in [0.29, 0.717) is 9.21 Å². The highest BCUT2D eigenvalue weighted by molar-refractivity contribution is 9.11. The number of aromatic nitrogens is 2. The number of carbonyl (C=O) groups is 1. The molecule has 1 amide bonds. The molecule has 29 heavy (non-hydrogen) atoms. The Kier molecular flexibility index (Phi) is 5.65. The number of halogens is 5. The average Bonchev–Trinajstić information content (AvgIpc) is 2.78. The Hall–Kier alpha value is -1.44. The van der Waals surface area contributed by atoms with E-state index in [1.165, 1.54) is 26.1 Å². The molecule has 2 aromatic rings. The molecule has 0 bridgehead atoms. The van der Waals surface area contributed by atoms with Gasteiger partial charge in [-0.1, -0.05) is 0 Å². The van der Waals surface area contributed by atoms with Crippen LogP contribution in [-0.4, -0.2) is 35.3 Å². The minimum absolute atomic E-state index is 0.288. The number of aryl methyl sites for hydroxylation is 1. The fraction of sp³-hybridized carbons (Fsp3) is 0.375. The molecule has 1 aliphatic rings. The first-order chi connectivity index (χ1) is 13.2. The summed E-state index contributed by atoms with van der Waals surface area (Å²) in [6.45, 7) is 1.32. The zero-order chi connectivity index (χ0) is 21.8. The van der Waals surface area contributed by atoms with Crippen LogP contribution in [-0.2, 0) is 17.1 Å². The largest absolute Gasteiger partial charge is 0.343 e. The molecule has 3 rings (SSSR count). The van der Waals surface area contributed by atoms with E-state index in [1.54, 1.807) is 0 Å². The summed E-state index contributed by atoms with van der Waals surface area (Å²) in [7, 11) is -3.17. The van der Waals surface area contributed by atoms with Crippen molar-refractivity contribution in [3.8, 4) is 0 Å². The number of nitrogens with zero attached hydrogens (tertiary/aromatic N) is 2. The smallest absolute Gasteiger partial charge is 0.275 e. The number of anilines is 1. The first kappa shape index (κ1) is 22.2. The fourth-order valence-electron chi connectivity index (χ4n) is 3.28. The van der Waals surface area contributed by atoms with Crippen LogP contribution in [0.4, 0.5) is 18.9 Å². The predicted molar refractivity (Wildman–Crippen MR) is 106 cm³/mol. The number of pyridine rings is 1. The highest BCUT2D eigenvalue weighted by Gasteiger charge is 2.55. The van der Waals surface area contributed by atoms with Gasteiger partial charge in [-0.05, 0) is 50.9 Å². The standard InChI is InChI=1S/C16H15Br2F3N4O3S/c1-15(6-16(20,21)7-15)24-29(27,28)9-5-25(2)13(12(9)19)14(26)22-8-3-10(17)23-11(18)4-8/h3-5,24H,6-7H2,1-2H3,(H,22,23,26). The quantitative estimate of drug-likeness (QED) is 0.545. The lowest BCUT2D eigenvalue weighted by Gasteiger charge is -2.44. The molecular formula is C16H15Br2F3N4O3S. The van der Waals surface area contributed by atoms with Crippen molar-refractivity contribution in [2.75, 3.05) is 5.32 Å². The number of rotatable bonds is 5. The van der Waals surface area contributed by atoms with Crippen LogP contribution in [0.15, 0.2) is 32.4 Å². The van der Waals surface area contributed by atoms with Gasteiger partial charge >= 0.3 is 0 Å². The van der Waals surface area contributed by atoms with Gasteiger partial charge in [-0.15, -0.1) is 0 Å². The zero-order valence-electron chi connectivity index (χ0n) is 15.1. The van der Waals surface area contributed by atoms with Gasteiger partial charge in [0, 0.05) is 37.3 Å². The van der Waals surface area contributed by atoms with E-state index in [4.69, 9.17) is 0 Å². The van der Waals surface area contributed by atoms with Gasteiger partial charge in [0.2, 0.25) is 10.0 Å². The maximum absolute atomic E-state index is 14.9. The van der Waals surface area contributed by atoms with Crippen LogP contribution in [0.5, 0.6) is 0 Å². The molecule has 158 valence electrons. The molecule has 1 fully saturated rings. The van der Waals surface area contributed by atoms with Crippen molar-refractivity contribution in [1.82, 2.24) is 14.3 Å². The molecule has 2 aromatic heterocycles. The van der Waals surface area contributed by atoms with E-state index < -0.39 is 56.6 Å². The molecule has 0 spiro atoms. The average molecular weight is 560 g/mol. The Morgan fingerprint density at radius 1 is 1.24 bits per heavy atom. The van der Waals surface area contributed by atoms with Crippen molar-refractivity contribution in [1.29, 1.82) is 0 Å². The van der Waals surface area contributed by atoms with Gasteiger partial charge in [-0.2, -0.15) is 0 Å². The molecule has 0 aliphatic heterocycles. The molecule has 0 aromatic carbocycles. The Balaban J connectivity index is 1.87. The second-order valence-corrected chi connectivity index (χ2v) is 10.4. The van der Waals surface area contributed by atoms with Crippen LogP contribution in [0.25, 0.3) is 0 Å². The summed E-state index contributed by atoms with van der Waals surface area (Å²) >= 11 is 6.31. The molecular weight excluding hydrogens is 545 g/mol. The van der Waals surface area contributed by atoms with Gasteiger partial charge in [0.1, 0.15) is 19.8 Å². The lowest BCUT2D eigenvalue weighted by atomic mass is 9.76. The molecule has 0 atom stereocenters. The van der Waals surface area contributed by atoms with Crippen molar-refractivity contribution in [2.24, 2.45) is 7.05 Å². The van der Waals surface area contributed by atoms with E-state index >= 15 is 0 Å². The Morgan fingerprint density at radius 3 is 2.31 bits per heavy atom. The van der Waals surface area contributed by atoms with Crippen LogP contribution >= 0.6 is 31.9 Å². The summed E-state index contributed by atoms with van der Waals surface area (Å²) in [6.07, 6.45) is -0.454. The molecule has 13 heteroatoms.